The molecule has 0 spiro atoms. The molecule has 0 bridgehead atoms. The normalized spacial score (nSPS) is 11.9. The second-order valence-electron chi connectivity index (χ2n) is 2.65. The van der Waals surface area contributed by atoms with E-state index < -0.39 is 33.1 Å². The van der Waals surface area contributed by atoms with Crippen LogP contribution in [0.4, 0.5) is 23.2 Å². The summed E-state index contributed by atoms with van der Waals surface area (Å²) in [5, 5.41) is 0. The number of rotatable bonds is 3. The highest BCUT2D eigenvalue weighted by Crippen LogP contribution is 2.24. The van der Waals surface area contributed by atoms with Crippen LogP contribution in [0.25, 0.3) is 0 Å². The SMILES string of the molecule is O=S(=O)(Nc1cc(F)c(Br)cc1F)C(F)F. The average molecular weight is 322 g/mol. The van der Waals surface area contributed by atoms with E-state index in [0.717, 1.165) is 0 Å². The van der Waals surface area contributed by atoms with Crippen LogP contribution in [0.2, 0.25) is 0 Å². The fourth-order valence-electron chi connectivity index (χ4n) is 0.799. The highest BCUT2D eigenvalue weighted by Gasteiger charge is 2.25. The van der Waals surface area contributed by atoms with Gasteiger partial charge in [-0.05, 0) is 22.0 Å². The molecule has 0 heterocycles. The number of halogens is 5. The van der Waals surface area contributed by atoms with Gasteiger partial charge in [0.15, 0.2) is 0 Å². The van der Waals surface area contributed by atoms with Crippen molar-refractivity contribution in [3.05, 3.63) is 28.2 Å². The van der Waals surface area contributed by atoms with Gasteiger partial charge in [-0.2, -0.15) is 8.78 Å². The van der Waals surface area contributed by atoms with Crippen molar-refractivity contribution in [2.45, 2.75) is 5.76 Å². The molecule has 0 amide bonds. The maximum Gasteiger partial charge on any atom is 0.355 e. The minimum Gasteiger partial charge on any atom is -0.276 e. The summed E-state index contributed by atoms with van der Waals surface area (Å²) in [5.41, 5.74) is -0.874. The lowest BCUT2D eigenvalue weighted by Gasteiger charge is -2.08. The van der Waals surface area contributed by atoms with Crippen molar-refractivity contribution in [1.82, 2.24) is 0 Å². The largest absolute Gasteiger partial charge is 0.355 e. The molecule has 0 aliphatic heterocycles. The van der Waals surface area contributed by atoms with Crippen LogP contribution >= 0.6 is 15.9 Å². The number of anilines is 1. The number of hydrogen-bond donors (Lipinski definition) is 1. The van der Waals surface area contributed by atoms with Crippen molar-refractivity contribution in [2.75, 3.05) is 4.72 Å². The molecule has 90 valence electrons. The predicted octanol–water partition coefficient (Wildman–Crippen LogP) is 2.69. The molecule has 3 nitrogen and oxygen atoms in total. The van der Waals surface area contributed by atoms with E-state index >= 15 is 0 Å². The third kappa shape index (κ3) is 2.85. The summed E-state index contributed by atoms with van der Waals surface area (Å²) >= 11 is 2.65. The monoisotopic (exact) mass is 321 g/mol. The Labute approximate surface area is 96.6 Å². The lowest BCUT2D eigenvalue weighted by molar-refractivity contribution is 0.236. The van der Waals surface area contributed by atoms with E-state index in [9.17, 15) is 26.0 Å². The third-order valence-electron chi connectivity index (χ3n) is 1.50. The van der Waals surface area contributed by atoms with Gasteiger partial charge in [0.25, 0.3) is 10.0 Å². The second-order valence-corrected chi connectivity index (χ2v) is 5.16. The Morgan fingerprint density at radius 1 is 1.19 bits per heavy atom. The Morgan fingerprint density at radius 3 is 2.25 bits per heavy atom. The zero-order valence-electron chi connectivity index (χ0n) is 7.35. The van der Waals surface area contributed by atoms with E-state index in [-0.39, 0.29) is 4.47 Å². The Bertz CT molecular complexity index is 505. The van der Waals surface area contributed by atoms with Crippen LogP contribution in [-0.2, 0) is 10.0 Å². The van der Waals surface area contributed by atoms with Gasteiger partial charge in [-0.25, -0.2) is 17.2 Å². The first-order valence-corrected chi connectivity index (χ1v) is 6.02. The second kappa shape index (κ2) is 4.58. The summed E-state index contributed by atoms with van der Waals surface area (Å²) in [4.78, 5) is 0. The van der Waals surface area contributed by atoms with Gasteiger partial charge in [0.2, 0.25) is 0 Å². The summed E-state index contributed by atoms with van der Waals surface area (Å²) in [6.07, 6.45) is 0. The van der Waals surface area contributed by atoms with Gasteiger partial charge in [-0.1, -0.05) is 0 Å². The van der Waals surface area contributed by atoms with Crippen molar-refractivity contribution in [2.24, 2.45) is 0 Å². The molecule has 1 rings (SSSR count). The Kier molecular flexibility index (Phi) is 3.79. The molecule has 0 saturated carbocycles. The van der Waals surface area contributed by atoms with Gasteiger partial charge in [0.05, 0.1) is 10.2 Å². The number of benzene rings is 1. The van der Waals surface area contributed by atoms with Gasteiger partial charge >= 0.3 is 5.76 Å². The van der Waals surface area contributed by atoms with Crippen LogP contribution in [-0.4, -0.2) is 14.2 Å². The van der Waals surface area contributed by atoms with Crippen LogP contribution < -0.4 is 4.72 Å². The fourth-order valence-corrected chi connectivity index (χ4v) is 1.67. The van der Waals surface area contributed by atoms with Gasteiger partial charge in [-0.15, -0.1) is 0 Å². The molecule has 1 aromatic rings. The number of sulfonamides is 1. The molecule has 0 radical (unpaired) electrons. The summed E-state index contributed by atoms with van der Waals surface area (Å²) < 4.78 is 72.2. The molecule has 0 fully saturated rings. The fraction of sp³-hybridized carbons (Fsp3) is 0.143. The molecule has 0 unspecified atom stereocenters. The van der Waals surface area contributed by atoms with Crippen molar-refractivity contribution in [3.63, 3.8) is 0 Å². The molecule has 0 atom stereocenters. The van der Waals surface area contributed by atoms with E-state index in [2.05, 4.69) is 15.9 Å². The highest BCUT2D eigenvalue weighted by molar-refractivity contribution is 9.10. The van der Waals surface area contributed by atoms with E-state index in [1.54, 1.807) is 0 Å². The van der Waals surface area contributed by atoms with Crippen molar-refractivity contribution in [1.29, 1.82) is 0 Å². The zero-order valence-corrected chi connectivity index (χ0v) is 9.75. The number of alkyl halides is 2. The predicted molar refractivity (Wildman–Crippen MR) is 52.6 cm³/mol. The molecule has 0 aliphatic carbocycles. The van der Waals surface area contributed by atoms with Gasteiger partial charge in [0.1, 0.15) is 11.6 Å². The Balaban J connectivity index is 3.13. The van der Waals surface area contributed by atoms with Crippen molar-refractivity contribution >= 4 is 31.6 Å². The van der Waals surface area contributed by atoms with Gasteiger partial charge < -0.3 is 0 Å². The maximum absolute atomic E-state index is 13.1. The van der Waals surface area contributed by atoms with Gasteiger partial charge in [0, 0.05) is 6.07 Å². The van der Waals surface area contributed by atoms with Crippen LogP contribution in [0.5, 0.6) is 0 Å². The highest BCUT2D eigenvalue weighted by atomic mass is 79.9. The molecule has 16 heavy (non-hydrogen) atoms. The lowest BCUT2D eigenvalue weighted by atomic mass is 10.3. The molecule has 1 N–H and O–H groups in total. The molecular weight excluding hydrogens is 318 g/mol. The number of nitrogens with one attached hydrogen (secondary N) is 1. The first-order chi connectivity index (χ1) is 7.24. The van der Waals surface area contributed by atoms with E-state index in [1.807, 2.05) is 0 Å². The molecule has 9 heteroatoms. The van der Waals surface area contributed by atoms with Crippen LogP contribution in [0, 0.1) is 11.6 Å². The topological polar surface area (TPSA) is 46.2 Å². The van der Waals surface area contributed by atoms with E-state index in [4.69, 9.17) is 0 Å². The zero-order chi connectivity index (χ0) is 12.5. The summed E-state index contributed by atoms with van der Waals surface area (Å²) in [6, 6.07) is 1.08. The Morgan fingerprint density at radius 2 is 1.75 bits per heavy atom. The van der Waals surface area contributed by atoms with Crippen molar-refractivity contribution < 1.29 is 26.0 Å². The minimum atomic E-state index is -5.01. The lowest BCUT2D eigenvalue weighted by Crippen LogP contribution is -2.21. The van der Waals surface area contributed by atoms with Gasteiger partial charge in [-0.3, -0.25) is 4.72 Å². The minimum absolute atomic E-state index is 0.245. The molecule has 0 aromatic heterocycles. The molecule has 0 saturated heterocycles. The molecular formula is C7H4BrF4NO2S. The molecule has 1 aromatic carbocycles. The maximum atomic E-state index is 13.1. The third-order valence-corrected chi connectivity index (χ3v) is 3.08. The summed E-state index contributed by atoms with van der Waals surface area (Å²) in [6.45, 7) is 0. The smallest absolute Gasteiger partial charge is 0.276 e. The summed E-state index contributed by atoms with van der Waals surface area (Å²) in [7, 11) is -5.01. The standard InChI is InChI=1S/C7H4BrF4NO2S/c8-3-1-5(10)6(2-4(3)9)13-16(14,15)7(11)12/h1-2,7,13H. The first kappa shape index (κ1) is 13.2. The molecule has 0 aliphatic rings. The van der Waals surface area contributed by atoms with Crippen molar-refractivity contribution in [3.8, 4) is 0 Å². The summed E-state index contributed by atoms with van der Waals surface area (Å²) in [5.74, 6) is -5.87. The van der Waals surface area contributed by atoms with E-state index in [1.165, 1.54) is 4.72 Å². The number of hydrogen-bond acceptors (Lipinski definition) is 2. The first-order valence-electron chi connectivity index (χ1n) is 3.68. The quantitative estimate of drug-likeness (QED) is 0.687. The Hall–Kier alpha value is -0.830. The van der Waals surface area contributed by atoms with E-state index in [0.29, 0.717) is 12.1 Å². The van der Waals surface area contributed by atoms with Crippen LogP contribution in [0.1, 0.15) is 0 Å². The van der Waals surface area contributed by atoms with Crippen LogP contribution in [0.15, 0.2) is 16.6 Å². The van der Waals surface area contributed by atoms with Crippen LogP contribution in [0.3, 0.4) is 0 Å². The average Bonchev–Trinajstić information content (AvgIpc) is 2.13.